The Morgan fingerprint density at radius 3 is 2.30 bits per heavy atom. The lowest BCUT2D eigenvalue weighted by Gasteiger charge is -2.23. The maximum atomic E-state index is 12.5. The van der Waals surface area contributed by atoms with Gasteiger partial charge in [-0.1, -0.05) is 40.2 Å². The molecule has 3 rings (SSSR count). The summed E-state index contributed by atoms with van der Waals surface area (Å²) in [6, 6.07) is 7.57. The summed E-state index contributed by atoms with van der Waals surface area (Å²) in [6.07, 6.45) is 5.41. The van der Waals surface area contributed by atoms with Crippen molar-refractivity contribution in [2.24, 2.45) is 11.8 Å². The third-order valence-electron chi connectivity index (χ3n) is 4.26. The number of imide groups is 1. The molecule has 0 bridgehead atoms. The van der Waals surface area contributed by atoms with Crippen molar-refractivity contribution in [3.8, 4) is 0 Å². The van der Waals surface area contributed by atoms with Crippen LogP contribution in [0.4, 0.5) is 0 Å². The van der Waals surface area contributed by atoms with Gasteiger partial charge in [-0.3, -0.25) is 14.5 Å². The van der Waals surface area contributed by atoms with Crippen LogP contribution < -0.4 is 0 Å². The molecule has 1 aliphatic carbocycles. The monoisotopic (exact) mass is 333 g/mol. The van der Waals surface area contributed by atoms with Crippen LogP contribution in [0.2, 0.25) is 0 Å². The minimum absolute atomic E-state index is 0.0168. The maximum Gasteiger partial charge on any atom is 0.233 e. The zero-order chi connectivity index (χ0) is 14.3. The van der Waals surface area contributed by atoms with Gasteiger partial charge < -0.3 is 0 Å². The maximum absolute atomic E-state index is 12.5. The van der Waals surface area contributed by atoms with E-state index in [1.54, 1.807) is 0 Å². The molecule has 1 fully saturated rings. The van der Waals surface area contributed by atoms with Crippen molar-refractivity contribution in [2.45, 2.75) is 25.8 Å². The number of amides is 2. The van der Waals surface area contributed by atoms with E-state index < -0.39 is 0 Å². The van der Waals surface area contributed by atoms with Crippen LogP contribution in [0.15, 0.2) is 40.9 Å². The summed E-state index contributed by atoms with van der Waals surface area (Å²) in [4.78, 5) is 26.5. The number of benzene rings is 1. The van der Waals surface area contributed by atoms with Gasteiger partial charge in [0.1, 0.15) is 0 Å². The fourth-order valence-corrected chi connectivity index (χ4v) is 3.54. The third-order valence-corrected chi connectivity index (χ3v) is 4.75. The SMILES string of the molecule is CC(c1cccc(Br)c1)N1C(=O)C2CC=CCC2C1=O. The fourth-order valence-electron chi connectivity index (χ4n) is 3.12. The van der Waals surface area contributed by atoms with Crippen molar-refractivity contribution in [1.29, 1.82) is 0 Å². The molecule has 104 valence electrons. The molecule has 2 amide bonds. The van der Waals surface area contributed by atoms with Crippen LogP contribution in [-0.2, 0) is 9.59 Å². The van der Waals surface area contributed by atoms with Gasteiger partial charge in [-0.2, -0.15) is 0 Å². The second-order valence-electron chi connectivity index (χ2n) is 5.43. The summed E-state index contributed by atoms with van der Waals surface area (Å²) in [5, 5.41) is 0. The number of nitrogens with zero attached hydrogens (tertiary/aromatic N) is 1. The predicted octanol–water partition coefficient (Wildman–Crippen LogP) is 3.46. The zero-order valence-corrected chi connectivity index (χ0v) is 12.8. The largest absolute Gasteiger partial charge is 0.275 e. The minimum atomic E-state index is -0.210. The Morgan fingerprint density at radius 1 is 1.15 bits per heavy atom. The van der Waals surface area contributed by atoms with Crippen molar-refractivity contribution >= 4 is 27.7 Å². The van der Waals surface area contributed by atoms with Gasteiger partial charge in [0.05, 0.1) is 17.9 Å². The Labute approximate surface area is 126 Å². The van der Waals surface area contributed by atoms with Crippen molar-refractivity contribution in [3.05, 3.63) is 46.5 Å². The molecule has 0 aromatic heterocycles. The molecule has 1 heterocycles. The molecular formula is C16H16BrNO2. The molecule has 4 heteroatoms. The second kappa shape index (κ2) is 5.17. The number of hydrogen-bond acceptors (Lipinski definition) is 2. The van der Waals surface area contributed by atoms with Crippen LogP contribution in [0.1, 0.15) is 31.4 Å². The first-order valence-electron chi connectivity index (χ1n) is 6.87. The summed E-state index contributed by atoms with van der Waals surface area (Å²) < 4.78 is 0.958. The highest BCUT2D eigenvalue weighted by Crippen LogP contribution is 2.39. The molecule has 3 atom stereocenters. The standard InChI is InChI=1S/C16H16BrNO2/c1-10(11-5-4-6-12(17)9-11)18-15(19)13-7-2-3-8-14(13)16(18)20/h2-6,9-10,13-14H,7-8H2,1H3. The van der Waals surface area contributed by atoms with Gasteiger partial charge in [0.2, 0.25) is 11.8 Å². The van der Waals surface area contributed by atoms with Crippen LogP contribution in [0.5, 0.6) is 0 Å². The zero-order valence-electron chi connectivity index (χ0n) is 11.3. The van der Waals surface area contributed by atoms with Crippen LogP contribution in [0, 0.1) is 11.8 Å². The molecule has 0 saturated carbocycles. The number of allylic oxidation sites excluding steroid dienone is 2. The summed E-state index contributed by atoms with van der Waals surface area (Å²) in [5.41, 5.74) is 0.979. The lowest BCUT2D eigenvalue weighted by molar-refractivity contribution is -0.142. The van der Waals surface area contributed by atoms with Gasteiger partial charge in [-0.05, 0) is 37.5 Å². The molecule has 1 saturated heterocycles. The van der Waals surface area contributed by atoms with E-state index in [4.69, 9.17) is 0 Å². The normalized spacial score (nSPS) is 26.8. The molecule has 0 spiro atoms. The smallest absolute Gasteiger partial charge is 0.233 e. The van der Waals surface area contributed by atoms with Gasteiger partial charge in [0.25, 0.3) is 0 Å². The van der Waals surface area contributed by atoms with Gasteiger partial charge in [-0.15, -0.1) is 0 Å². The summed E-state index contributed by atoms with van der Waals surface area (Å²) in [5.74, 6) is -0.335. The number of halogens is 1. The molecule has 1 aliphatic heterocycles. The van der Waals surface area contributed by atoms with Crippen molar-refractivity contribution < 1.29 is 9.59 Å². The van der Waals surface area contributed by atoms with E-state index in [9.17, 15) is 9.59 Å². The summed E-state index contributed by atoms with van der Waals surface area (Å²) in [6.45, 7) is 1.92. The molecule has 1 aromatic carbocycles. The number of rotatable bonds is 2. The van der Waals surface area contributed by atoms with Gasteiger partial charge in [-0.25, -0.2) is 0 Å². The highest BCUT2D eigenvalue weighted by atomic mass is 79.9. The molecular weight excluding hydrogens is 318 g/mol. The minimum Gasteiger partial charge on any atom is -0.275 e. The quantitative estimate of drug-likeness (QED) is 0.614. The molecule has 0 N–H and O–H groups in total. The van der Waals surface area contributed by atoms with Crippen LogP contribution in [-0.4, -0.2) is 16.7 Å². The van der Waals surface area contributed by atoms with Crippen molar-refractivity contribution in [2.75, 3.05) is 0 Å². The Morgan fingerprint density at radius 2 is 1.75 bits per heavy atom. The number of likely N-dealkylation sites (tertiary alicyclic amines) is 1. The summed E-state index contributed by atoms with van der Waals surface area (Å²) >= 11 is 3.43. The first-order valence-corrected chi connectivity index (χ1v) is 7.66. The predicted molar refractivity (Wildman–Crippen MR) is 79.8 cm³/mol. The first kappa shape index (κ1) is 13.6. The summed E-state index contributed by atoms with van der Waals surface area (Å²) in [7, 11) is 0. The van der Waals surface area contributed by atoms with Gasteiger partial charge in [0, 0.05) is 4.47 Å². The van der Waals surface area contributed by atoms with Crippen LogP contribution in [0.25, 0.3) is 0 Å². The highest BCUT2D eigenvalue weighted by molar-refractivity contribution is 9.10. The Hall–Kier alpha value is -1.42. The van der Waals surface area contributed by atoms with E-state index in [0.717, 1.165) is 10.0 Å². The average Bonchev–Trinajstić information content (AvgIpc) is 2.71. The van der Waals surface area contributed by atoms with Crippen LogP contribution in [0.3, 0.4) is 0 Å². The van der Waals surface area contributed by atoms with Crippen molar-refractivity contribution in [1.82, 2.24) is 4.90 Å². The first-order chi connectivity index (χ1) is 9.59. The topological polar surface area (TPSA) is 37.4 Å². The fraction of sp³-hybridized carbons (Fsp3) is 0.375. The van der Waals surface area contributed by atoms with E-state index in [1.807, 2.05) is 43.3 Å². The Balaban J connectivity index is 1.90. The van der Waals surface area contributed by atoms with Gasteiger partial charge in [0.15, 0.2) is 0 Å². The molecule has 0 radical (unpaired) electrons. The Kier molecular flexibility index (Phi) is 3.50. The van der Waals surface area contributed by atoms with E-state index >= 15 is 0 Å². The molecule has 2 aliphatic rings. The van der Waals surface area contributed by atoms with Gasteiger partial charge >= 0.3 is 0 Å². The lowest BCUT2D eigenvalue weighted by atomic mass is 9.85. The number of fused-ring (bicyclic) bond motifs is 1. The van der Waals surface area contributed by atoms with Crippen molar-refractivity contribution in [3.63, 3.8) is 0 Å². The number of carbonyl (C=O) groups is 2. The van der Waals surface area contributed by atoms with E-state index in [-0.39, 0.29) is 29.7 Å². The lowest BCUT2D eigenvalue weighted by Crippen LogP contribution is -2.33. The number of hydrogen-bond donors (Lipinski definition) is 0. The molecule has 3 nitrogen and oxygen atoms in total. The second-order valence-corrected chi connectivity index (χ2v) is 6.35. The van der Waals surface area contributed by atoms with E-state index in [0.29, 0.717) is 12.8 Å². The Bertz CT molecular complexity index is 570. The molecule has 1 aromatic rings. The molecule has 3 unspecified atom stereocenters. The van der Waals surface area contributed by atoms with Crippen LogP contribution >= 0.6 is 15.9 Å². The van der Waals surface area contributed by atoms with E-state index in [1.165, 1.54) is 4.90 Å². The van der Waals surface area contributed by atoms with E-state index in [2.05, 4.69) is 15.9 Å². The average molecular weight is 334 g/mol. The third kappa shape index (κ3) is 2.12. The molecule has 20 heavy (non-hydrogen) atoms. The highest BCUT2D eigenvalue weighted by Gasteiger charge is 2.48. The number of carbonyl (C=O) groups excluding carboxylic acids is 2.